The van der Waals surface area contributed by atoms with Gasteiger partial charge in [0.25, 0.3) is 0 Å². The minimum absolute atomic E-state index is 0.0197. The van der Waals surface area contributed by atoms with Crippen LogP contribution in [0.3, 0.4) is 0 Å². The molecule has 0 aliphatic rings. The van der Waals surface area contributed by atoms with Crippen LogP contribution in [0.2, 0.25) is 5.02 Å². The monoisotopic (exact) mass is 221 g/mol. The Kier molecular flexibility index (Phi) is 2.80. The number of rotatable bonds is 2. The van der Waals surface area contributed by atoms with Gasteiger partial charge < -0.3 is 4.74 Å². The number of hydrogen-bond acceptors (Lipinski definition) is 3. The molecule has 0 spiro atoms. The summed E-state index contributed by atoms with van der Waals surface area (Å²) in [7, 11) is -2.29. The van der Waals surface area contributed by atoms with Crippen molar-refractivity contribution in [2.45, 2.75) is 4.90 Å². The molecule has 0 heterocycles. The van der Waals surface area contributed by atoms with Gasteiger partial charge in [0, 0.05) is 6.07 Å². The number of primary sulfonamides is 1. The van der Waals surface area contributed by atoms with Crippen LogP contribution in [0, 0.1) is 0 Å². The lowest BCUT2D eigenvalue weighted by Crippen LogP contribution is -2.12. The average molecular weight is 222 g/mol. The van der Waals surface area contributed by atoms with Crippen LogP contribution < -0.4 is 9.88 Å². The van der Waals surface area contributed by atoms with Crippen molar-refractivity contribution in [3.8, 4) is 5.75 Å². The Labute approximate surface area is 81.3 Å². The molecule has 0 atom stereocenters. The first-order chi connectivity index (χ1) is 5.95. The lowest BCUT2D eigenvalue weighted by molar-refractivity contribution is 0.413. The van der Waals surface area contributed by atoms with Gasteiger partial charge in [-0.3, -0.25) is 0 Å². The fourth-order valence-corrected chi connectivity index (χ4v) is 1.54. The van der Waals surface area contributed by atoms with Crippen molar-refractivity contribution < 1.29 is 13.2 Å². The fourth-order valence-electron chi connectivity index (χ4n) is 0.817. The molecule has 1 aromatic rings. The summed E-state index contributed by atoms with van der Waals surface area (Å²) in [5.74, 6) is 0.285. The van der Waals surface area contributed by atoms with Crippen LogP contribution in [0.1, 0.15) is 0 Å². The molecule has 1 rings (SSSR count). The molecule has 0 aromatic heterocycles. The molecular formula is C7H8ClNO3S. The van der Waals surface area contributed by atoms with E-state index in [2.05, 4.69) is 0 Å². The second-order valence-corrected chi connectivity index (χ2v) is 4.31. The van der Waals surface area contributed by atoms with Gasteiger partial charge in [-0.2, -0.15) is 0 Å². The van der Waals surface area contributed by atoms with Gasteiger partial charge in [-0.15, -0.1) is 0 Å². The van der Waals surface area contributed by atoms with Crippen molar-refractivity contribution in [3.05, 3.63) is 23.2 Å². The third-order valence-corrected chi connectivity index (χ3v) is 2.67. The van der Waals surface area contributed by atoms with E-state index in [1.165, 1.54) is 25.3 Å². The number of methoxy groups -OCH3 is 1. The van der Waals surface area contributed by atoms with Crippen LogP contribution >= 0.6 is 11.6 Å². The Balaban J connectivity index is 3.30. The minimum Gasteiger partial charge on any atom is -0.495 e. The Morgan fingerprint density at radius 2 is 2.08 bits per heavy atom. The van der Waals surface area contributed by atoms with E-state index in [4.69, 9.17) is 21.5 Å². The summed E-state index contributed by atoms with van der Waals surface area (Å²) >= 11 is 5.69. The van der Waals surface area contributed by atoms with Crippen molar-refractivity contribution in [1.29, 1.82) is 0 Å². The largest absolute Gasteiger partial charge is 0.495 e. The fraction of sp³-hybridized carbons (Fsp3) is 0.143. The second-order valence-electron chi connectivity index (χ2n) is 2.34. The number of halogens is 1. The van der Waals surface area contributed by atoms with Crippen molar-refractivity contribution in [1.82, 2.24) is 0 Å². The molecule has 6 heteroatoms. The Bertz CT molecular complexity index is 416. The zero-order valence-corrected chi connectivity index (χ0v) is 8.39. The molecule has 0 amide bonds. The summed E-state index contributed by atoms with van der Waals surface area (Å²) in [4.78, 5) is -0.0197. The summed E-state index contributed by atoms with van der Waals surface area (Å²) < 4.78 is 26.6. The van der Waals surface area contributed by atoms with E-state index in [1.807, 2.05) is 0 Å². The molecule has 0 aliphatic carbocycles. The molecule has 1 aromatic carbocycles. The smallest absolute Gasteiger partial charge is 0.238 e. The highest BCUT2D eigenvalue weighted by molar-refractivity contribution is 7.89. The third-order valence-electron chi connectivity index (χ3n) is 1.45. The van der Waals surface area contributed by atoms with Crippen molar-refractivity contribution in [2.75, 3.05) is 7.11 Å². The third kappa shape index (κ3) is 2.33. The van der Waals surface area contributed by atoms with Crippen LogP contribution in [-0.2, 0) is 10.0 Å². The Hall–Kier alpha value is -0.780. The molecule has 0 aliphatic heterocycles. The summed E-state index contributed by atoms with van der Waals surface area (Å²) in [6, 6.07) is 4.01. The number of benzene rings is 1. The molecule has 0 unspecified atom stereocenters. The van der Waals surface area contributed by atoms with Crippen LogP contribution in [0.5, 0.6) is 5.75 Å². The van der Waals surface area contributed by atoms with Crippen molar-refractivity contribution >= 4 is 21.6 Å². The number of ether oxygens (including phenoxy) is 1. The molecule has 0 fully saturated rings. The number of hydrogen-bond donors (Lipinski definition) is 1. The zero-order chi connectivity index (χ0) is 10.1. The Morgan fingerprint density at radius 1 is 1.46 bits per heavy atom. The lowest BCUT2D eigenvalue weighted by atomic mass is 10.3. The first-order valence-corrected chi connectivity index (χ1v) is 5.24. The molecule has 13 heavy (non-hydrogen) atoms. The van der Waals surface area contributed by atoms with E-state index in [1.54, 1.807) is 0 Å². The van der Waals surface area contributed by atoms with E-state index in [0.29, 0.717) is 5.02 Å². The average Bonchev–Trinajstić information content (AvgIpc) is 2.03. The molecule has 72 valence electrons. The highest BCUT2D eigenvalue weighted by atomic mass is 35.5. The maximum Gasteiger partial charge on any atom is 0.238 e. The minimum atomic E-state index is -3.69. The van der Waals surface area contributed by atoms with Crippen LogP contribution in [0.15, 0.2) is 23.1 Å². The SMILES string of the molecule is COc1cc(S(N)(=O)=O)ccc1Cl. The maximum atomic E-state index is 10.9. The van der Waals surface area contributed by atoms with Gasteiger partial charge in [-0.1, -0.05) is 11.6 Å². The van der Waals surface area contributed by atoms with Crippen LogP contribution in [0.25, 0.3) is 0 Å². The van der Waals surface area contributed by atoms with E-state index < -0.39 is 10.0 Å². The van der Waals surface area contributed by atoms with Crippen molar-refractivity contribution in [2.24, 2.45) is 5.14 Å². The van der Waals surface area contributed by atoms with E-state index in [9.17, 15) is 8.42 Å². The van der Waals surface area contributed by atoms with E-state index >= 15 is 0 Å². The molecule has 2 N–H and O–H groups in total. The highest BCUT2D eigenvalue weighted by Gasteiger charge is 2.10. The predicted octanol–water partition coefficient (Wildman–Crippen LogP) is 0.996. The molecule has 0 saturated carbocycles. The summed E-state index contributed by atoms with van der Waals surface area (Å²) in [5.41, 5.74) is 0. The maximum absolute atomic E-state index is 10.9. The van der Waals surface area contributed by atoms with Gasteiger partial charge in [0.05, 0.1) is 17.0 Å². The molecule has 0 bridgehead atoms. The molecular weight excluding hydrogens is 214 g/mol. The lowest BCUT2D eigenvalue weighted by Gasteiger charge is -2.04. The van der Waals surface area contributed by atoms with Gasteiger partial charge in [0.15, 0.2) is 0 Å². The number of nitrogens with two attached hydrogens (primary N) is 1. The van der Waals surface area contributed by atoms with Gasteiger partial charge in [0.1, 0.15) is 5.75 Å². The summed E-state index contributed by atoms with van der Waals surface area (Å²) in [5, 5.41) is 5.25. The van der Waals surface area contributed by atoms with Gasteiger partial charge in [-0.05, 0) is 12.1 Å². The summed E-state index contributed by atoms with van der Waals surface area (Å²) in [6.07, 6.45) is 0. The normalized spacial score (nSPS) is 11.3. The second kappa shape index (κ2) is 3.53. The molecule has 0 radical (unpaired) electrons. The van der Waals surface area contributed by atoms with Crippen LogP contribution in [-0.4, -0.2) is 15.5 Å². The Morgan fingerprint density at radius 3 is 2.54 bits per heavy atom. The zero-order valence-electron chi connectivity index (χ0n) is 6.82. The van der Waals surface area contributed by atoms with Gasteiger partial charge in [-0.25, -0.2) is 13.6 Å². The van der Waals surface area contributed by atoms with E-state index in [-0.39, 0.29) is 10.6 Å². The van der Waals surface area contributed by atoms with Crippen molar-refractivity contribution in [3.63, 3.8) is 0 Å². The molecule has 4 nitrogen and oxygen atoms in total. The predicted molar refractivity (Wildman–Crippen MR) is 49.4 cm³/mol. The van der Waals surface area contributed by atoms with Gasteiger partial charge >= 0.3 is 0 Å². The summed E-state index contributed by atoms with van der Waals surface area (Å²) in [6.45, 7) is 0. The molecule has 0 saturated heterocycles. The topological polar surface area (TPSA) is 69.4 Å². The standard InChI is InChI=1S/C7H8ClNO3S/c1-12-7-4-5(13(9,10)11)2-3-6(7)8/h2-4H,1H3,(H2,9,10,11). The quantitative estimate of drug-likeness (QED) is 0.810. The first kappa shape index (κ1) is 10.3. The van der Waals surface area contributed by atoms with E-state index in [0.717, 1.165) is 0 Å². The van der Waals surface area contributed by atoms with Gasteiger partial charge in [0.2, 0.25) is 10.0 Å². The van der Waals surface area contributed by atoms with Crippen LogP contribution in [0.4, 0.5) is 0 Å². The first-order valence-electron chi connectivity index (χ1n) is 3.31. The number of sulfonamides is 1. The highest BCUT2D eigenvalue weighted by Crippen LogP contribution is 2.26.